The van der Waals surface area contributed by atoms with Crippen LogP contribution in [0.25, 0.3) is 0 Å². The average Bonchev–Trinajstić information content (AvgIpc) is 2.34. The quantitative estimate of drug-likeness (QED) is 0.842. The van der Waals surface area contributed by atoms with Gasteiger partial charge in [-0.25, -0.2) is 8.42 Å². The molecular weight excluding hydrogens is 282 g/mol. The third kappa shape index (κ3) is 5.13. The molecule has 0 radical (unpaired) electrons. The van der Waals surface area contributed by atoms with Gasteiger partial charge >= 0.3 is 0 Å². The molecule has 1 N–H and O–H groups in total. The molecule has 0 aliphatic carbocycles. The molecular formula is C14H22ClNO2S. The zero-order chi connectivity index (χ0) is 14.5. The molecule has 0 bridgehead atoms. The second-order valence-corrected chi connectivity index (χ2v) is 7.51. The molecule has 0 fully saturated rings. The Labute approximate surface area is 121 Å². The molecule has 1 rings (SSSR count). The molecule has 0 amide bonds. The molecule has 1 atom stereocenters. The van der Waals surface area contributed by atoms with E-state index in [1.807, 2.05) is 13.8 Å². The third-order valence-corrected chi connectivity index (χ3v) is 5.02. The van der Waals surface area contributed by atoms with E-state index >= 15 is 0 Å². The SMILES string of the molecule is CCCNC(CS(=O)(=O)c1cccc(Cl)c1)C(C)C. The summed E-state index contributed by atoms with van der Waals surface area (Å²) < 4.78 is 24.7. The van der Waals surface area contributed by atoms with Crippen molar-refractivity contribution in [2.75, 3.05) is 12.3 Å². The highest BCUT2D eigenvalue weighted by Gasteiger charge is 2.23. The van der Waals surface area contributed by atoms with E-state index in [2.05, 4.69) is 12.2 Å². The maximum absolute atomic E-state index is 12.4. The fraction of sp³-hybridized carbons (Fsp3) is 0.571. The van der Waals surface area contributed by atoms with Crippen molar-refractivity contribution in [1.29, 1.82) is 0 Å². The molecule has 1 unspecified atom stereocenters. The van der Waals surface area contributed by atoms with Gasteiger partial charge in [0.1, 0.15) is 0 Å². The first-order valence-electron chi connectivity index (χ1n) is 6.58. The van der Waals surface area contributed by atoms with Crippen LogP contribution in [-0.4, -0.2) is 26.8 Å². The second-order valence-electron chi connectivity index (χ2n) is 5.04. The van der Waals surface area contributed by atoms with Crippen molar-refractivity contribution in [2.45, 2.75) is 38.1 Å². The summed E-state index contributed by atoms with van der Waals surface area (Å²) in [5.41, 5.74) is 0. The van der Waals surface area contributed by atoms with E-state index in [0.29, 0.717) is 9.92 Å². The van der Waals surface area contributed by atoms with Crippen LogP contribution >= 0.6 is 11.6 Å². The van der Waals surface area contributed by atoms with Crippen LogP contribution in [0, 0.1) is 5.92 Å². The highest BCUT2D eigenvalue weighted by atomic mass is 35.5. The van der Waals surface area contributed by atoms with Crippen LogP contribution in [0.4, 0.5) is 0 Å². The summed E-state index contributed by atoms with van der Waals surface area (Å²) in [4.78, 5) is 0.295. The second kappa shape index (κ2) is 7.27. The Morgan fingerprint density at radius 1 is 1.32 bits per heavy atom. The Balaban J connectivity index is 2.88. The largest absolute Gasteiger partial charge is 0.313 e. The van der Waals surface area contributed by atoms with Gasteiger partial charge in [-0.05, 0) is 37.1 Å². The summed E-state index contributed by atoms with van der Waals surface area (Å²) in [7, 11) is -3.30. The van der Waals surface area contributed by atoms with E-state index in [9.17, 15) is 8.42 Å². The fourth-order valence-corrected chi connectivity index (χ4v) is 3.83. The van der Waals surface area contributed by atoms with Gasteiger partial charge in [0.05, 0.1) is 10.6 Å². The summed E-state index contributed by atoms with van der Waals surface area (Å²) in [6, 6.07) is 6.41. The van der Waals surface area contributed by atoms with Crippen LogP contribution in [0.1, 0.15) is 27.2 Å². The zero-order valence-electron chi connectivity index (χ0n) is 11.7. The van der Waals surface area contributed by atoms with Gasteiger partial charge < -0.3 is 5.32 Å². The average molecular weight is 304 g/mol. The van der Waals surface area contributed by atoms with Crippen LogP contribution in [0.5, 0.6) is 0 Å². The van der Waals surface area contributed by atoms with Gasteiger partial charge in [0, 0.05) is 11.1 Å². The molecule has 1 aromatic carbocycles. The van der Waals surface area contributed by atoms with Gasteiger partial charge in [0.25, 0.3) is 0 Å². The van der Waals surface area contributed by atoms with Crippen LogP contribution in [0.15, 0.2) is 29.2 Å². The normalized spacial score (nSPS) is 13.7. The first kappa shape index (κ1) is 16.5. The van der Waals surface area contributed by atoms with Crippen LogP contribution < -0.4 is 5.32 Å². The zero-order valence-corrected chi connectivity index (χ0v) is 13.3. The molecule has 108 valence electrons. The van der Waals surface area contributed by atoms with Gasteiger partial charge in [0.15, 0.2) is 9.84 Å². The highest BCUT2D eigenvalue weighted by molar-refractivity contribution is 7.91. The molecule has 1 aromatic rings. The molecule has 0 spiro atoms. The number of benzene rings is 1. The molecule has 0 saturated carbocycles. The summed E-state index contributed by atoms with van der Waals surface area (Å²) in [6.45, 7) is 6.95. The van der Waals surface area contributed by atoms with Gasteiger partial charge in [-0.15, -0.1) is 0 Å². The molecule has 0 heterocycles. The minimum absolute atomic E-state index is 0.0380. The van der Waals surface area contributed by atoms with Crippen molar-refractivity contribution in [3.05, 3.63) is 29.3 Å². The smallest absolute Gasteiger partial charge is 0.179 e. The molecule has 5 heteroatoms. The minimum atomic E-state index is -3.30. The number of sulfone groups is 1. The number of rotatable bonds is 7. The van der Waals surface area contributed by atoms with Crippen molar-refractivity contribution >= 4 is 21.4 Å². The molecule has 0 aliphatic heterocycles. The van der Waals surface area contributed by atoms with Gasteiger partial charge in [0.2, 0.25) is 0 Å². The van der Waals surface area contributed by atoms with E-state index in [1.54, 1.807) is 18.2 Å². The van der Waals surface area contributed by atoms with E-state index in [1.165, 1.54) is 6.07 Å². The maximum atomic E-state index is 12.4. The van der Waals surface area contributed by atoms with Crippen LogP contribution in [0.2, 0.25) is 5.02 Å². The molecule has 0 saturated heterocycles. The Kier molecular flexibility index (Phi) is 6.30. The van der Waals surface area contributed by atoms with Crippen LogP contribution in [0.3, 0.4) is 0 Å². The Hall–Kier alpha value is -0.580. The number of hydrogen-bond acceptors (Lipinski definition) is 3. The van der Waals surface area contributed by atoms with Crippen molar-refractivity contribution in [1.82, 2.24) is 5.32 Å². The molecule has 0 aliphatic rings. The standard InChI is InChI=1S/C14H22ClNO2S/c1-4-8-16-14(11(2)3)10-19(17,18)13-7-5-6-12(15)9-13/h5-7,9,11,14,16H,4,8,10H2,1-3H3. The van der Waals surface area contributed by atoms with Crippen molar-refractivity contribution < 1.29 is 8.42 Å². The molecule has 3 nitrogen and oxygen atoms in total. The lowest BCUT2D eigenvalue weighted by Gasteiger charge is -2.22. The predicted octanol–water partition coefficient (Wildman–Crippen LogP) is 3.14. The molecule has 0 aromatic heterocycles. The summed E-state index contributed by atoms with van der Waals surface area (Å²) in [5, 5.41) is 3.75. The van der Waals surface area contributed by atoms with Gasteiger partial charge in [-0.3, -0.25) is 0 Å². The van der Waals surface area contributed by atoms with E-state index < -0.39 is 9.84 Å². The highest BCUT2D eigenvalue weighted by Crippen LogP contribution is 2.18. The van der Waals surface area contributed by atoms with Gasteiger partial charge in [-0.1, -0.05) is 38.4 Å². The minimum Gasteiger partial charge on any atom is -0.313 e. The Bertz CT molecular complexity index is 500. The topological polar surface area (TPSA) is 46.2 Å². The first-order chi connectivity index (χ1) is 8.86. The number of nitrogens with one attached hydrogen (secondary N) is 1. The Morgan fingerprint density at radius 3 is 2.53 bits per heavy atom. The summed E-state index contributed by atoms with van der Waals surface area (Å²) >= 11 is 5.85. The lowest BCUT2D eigenvalue weighted by atomic mass is 10.1. The van der Waals surface area contributed by atoms with Crippen molar-refractivity contribution in [3.63, 3.8) is 0 Å². The van der Waals surface area contributed by atoms with Crippen molar-refractivity contribution in [2.24, 2.45) is 5.92 Å². The third-order valence-electron chi connectivity index (χ3n) is 3.02. The summed E-state index contributed by atoms with van der Waals surface area (Å²) in [5.74, 6) is 0.367. The van der Waals surface area contributed by atoms with Crippen LogP contribution in [-0.2, 0) is 9.84 Å². The monoisotopic (exact) mass is 303 g/mol. The Morgan fingerprint density at radius 2 is 2.00 bits per heavy atom. The molecule has 19 heavy (non-hydrogen) atoms. The first-order valence-corrected chi connectivity index (χ1v) is 8.61. The lowest BCUT2D eigenvalue weighted by Crippen LogP contribution is -2.40. The van der Waals surface area contributed by atoms with E-state index in [-0.39, 0.29) is 17.7 Å². The van der Waals surface area contributed by atoms with Crippen molar-refractivity contribution in [3.8, 4) is 0 Å². The predicted molar refractivity (Wildman–Crippen MR) is 80.4 cm³/mol. The van der Waals surface area contributed by atoms with E-state index in [4.69, 9.17) is 11.6 Å². The fourth-order valence-electron chi connectivity index (χ4n) is 1.81. The maximum Gasteiger partial charge on any atom is 0.179 e. The summed E-state index contributed by atoms with van der Waals surface area (Å²) in [6.07, 6.45) is 0.987. The van der Waals surface area contributed by atoms with Gasteiger partial charge in [-0.2, -0.15) is 0 Å². The number of halogens is 1. The van der Waals surface area contributed by atoms with E-state index in [0.717, 1.165) is 13.0 Å². The lowest BCUT2D eigenvalue weighted by molar-refractivity contribution is 0.426. The number of hydrogen-bond donors (Lipinski definition) is 1.